The number of aliphatic hydroxyl groups excluding tert-OH is 3. The Balaban J connectivity index is 2.01. The Labute approximate surface area is 181 Å². The van der Waals surface area contributed by atoms with Crippen molar-refractivity contribution >= 4 is 11.0 Å². The van der Waals surface area contributed by atoms with Gasteiger partial charge in [0.25, 0.3) is 0 Å². The lowest BCUT2D eigenvalue weighted by Gasteiger charge is -2.39. The number of ether oxygens (including phenoxy) is 2. The van der Waals surface area contributed by atoms with Crippen LogP contribution in [0.2, 0.25) is 0 Å². The van der Waals surface area contributed by atoms with Gasteiger partial charge in [0.1, 0.15) is 47.1 Å². The Morgan fingerprint density at radius 2 is 1.62 bits per heavy atom. The van der Waals surface area contributed by atoms with Gasteiger partial charge in [-0.2, -0.15) is 0 Å². The molecule has 6 N–H and O–H groups in total. The number of phenols is 3. The molecule has 0 radical (unpaired) electrons. The summed E-state index contributed by atoms with van der Waals surface area (Å²) in [5, 5.41) is 60.5. The lowest BCUT2D eigenvalue weighted by Crippen LogP contribution is -2.53. The van der Waals surface area contributed by atoms with Gasteiger partial charge in [0.05, 0.1) is 18.8 Å². The van der Waals surface area contributed by atoms with E-state index in [0.29, 0.717) is 0 Å². The summed E-state index contributed by atoms with van der Waals surface area (Å²) in [5.41, 5.74) is -0.500. The molecule has 0 unspecified atom stereocenters. The van der Waals surface area contributed by atoms with E-state index < -0.39 is 47.4 Å². The molecule has 1 aromatic heterocycles. The Morgan fingerprint density at radius 3 is 2.28 bits per heavy atom. The second-order valence-corrected chi connectivity index (χ2v) is 7.63. The average Bonchev–Trinajstić information content (AvgIpc) is 2.76. The molecule has 0 saturated carbocycles. The van der Waals surface area contributed by atoms with E-state index in [2.05, 4.69) is 0 Å². The van der Waals surface area contributed by atoms with E-state index in [4.69, 9.17) is 13.9 Å². The second-order valence-electron chi connectivity index (χ2n) is 7.63. The number of hydrogen-bond donors (Lipinski definition) is 6. The SMILES string of the molecule is COc1cc(O)c2c(=O)cc(-c3ccc(O)c(O)c3)oc2c1[C@@H]1O[C@H](C)[C@@H](O)[C@H](O)[C@H]1O. The highest BCUT2D eigenvalue weighted by Crippen LogP contribution is 2.44. The van der Waals surface area contributed by atoms with Crippen LogP contribution in [0.1, 0.15) is 18.6 Å². The predicted molar refractivity (Wildman–Crippen MR) is 111 cm³/mol. The molecule has 0 spiro atoms. The number of aromatic hydroxyl groups is 3. The molecule has 1 aliphatic rings. The summed E-state index contributed by atoms with van der Waals surface area (Å²) in [6.45, 7) is 1.50. The van der Waals surface area contributed by atoms with Crippen molar-refractivity contribution in [1.82, 2.24) is 0 Å². The van der Waals surface area contributed by atoms with Crippen molar-refractivity contribution in [3.05, 3.63) is 46.1 Å². The first kappa shape index (κ1) is 21.9. The van der Waals surface area contributed by atoms with E-state index in [-0.39, 0.29) is 39.4 Å². The highest BCUT2D eigenvalue weighted by atomic mass is 16.5. The largest absolute Gasteiger partial charge is 0.507 e. The molecule has 32 heavy (non-hydrogen) atoms. The molecule has 170 valence electrons. The molecule has 1 saturated heterocycles. The Hall–Kier alpha value is -3.31. The van der Waals surface area contributed by atoms with Crippen LogP contribution in [0.3, 0.4) is 0 Å². The summed E-state index contributed by atoms with van der Waals surface area (Å²) in [7, 11) is 1.30. The van der Waals surface area contributed by atoms with Crippen LogP contribution in [0.15, 0.2) is 39.5 Å². The van der Waals surface area contributed by atoms with Gasteiger partial charge < -0.3 is 44.5 Å². The van der Waals surface area contributed by atoms with Crippen molar-refractivity contribution in [2.45, 2.75) is 37.4 Å². The van der Waals surface area contributed by atoms with Gasteiger partial charge in [-0.15, -0.1) is 0 Å². The molecular formula is C22H22O10. The molecule has 5 atom stereocenters. The molecule has 1 aliphatic heterocycles. The third kappa shape index (κ3) is 3.43. The summed E-state index contributed by atoms with van der Waals surface area (Å²) in [6.07, 6.45) is -6.65. The van der Waals surface area contributed by atoms with Crippen LogP contribution in [0, 0.1) is 0 Å². The zero-order chi connectivity index (χ0) is 23.3. The number of benzene rings is 2. The molecule has 2 heterocycles. The zero-order valence-electron chi connectivity index (χ0n) is 17.1. The molecule has 4 rings (SSSR count). The second kappa shape index (κ2) is 7.99. The number of methoxy groups -OCH3 is 1. The first-order valence-corrected chi connectivity index (χ1v) is 9.73. The third-order valence-electron chi connectivity index (χ3n) is 5.60. The minimum atomic E-state index is -1.60. The van der Waals surface area contributed by atoms with Gasteiger partial charge in [0, 0.05) is 17.7 Å². The van der Waals surface area contributed by atoms with Gasteiger partial charge in [-0.3, -0.25) is 4.79 Å². The number of hydrogen-bond acceptors (Lipinski definition) is 10. The van der Waals surface area contributed by atoms with Crippen molar-refractivity contribution in [2.75, 3.05) is 7.11 Å². The Kier molecular flexibility index (Phi) is 5.47. The molecule has 0 bridgehead atoms. The van der Waals surface area contributed by atoms with Crippen LogP contribution in [-0.2, 0) is 4.74 Å². The lowest BCUT2D eigenvalue weighted by molar-refractivity contribution is -0.219. The van der Waals surface area contributed by atoms with Gasteiger partial charge in [-0.1, -0.05) is 0 Å². The summed E-state index contributed by atoms with van der Waals surface area (Å²) < 4.78 is 17.0. The fourth-order valence-electron chi connectivity index (χ4n) is 3.86. The normalized spacial score (nSPS) is 25.7. The summed E-state index contributed by atoms with van der Waals surface area (Å²) in [6, 6.07) is 6.08. The topological polar surface area (TPSA) is 170 Å². The van der Waals surface area contributed by atoms with Crippen LogP contribution in [-0.4, -0.2) is 62.2 Å². The maximum absolute atomic E-state index is 12.9. The molecule has 3 aromatic rings. The van der Waals surface area contributed by atoms with Gasteiger partial charge >= 0.3 is 0 Å². The van der Waals surface area contributed by atoms with E-state index >= 15 is 0 Å². The first-order valence-electron chi connectivity index (χ1n) is 9.73. The van der Waals surface area contributed by atoms with Crippen molar-refractivity contribution in [1.29, 1.82) is 0 Å². The van der Waals surface area contributed by atoms with Gasteiger partial charge in [0.15, 0.2) is 22.5 Å². The van der Waals surface area contributed by atoms with Crippen LogP contribution >= 0.6 is 0 Å². The molecule has 0 amide bonds. The average molecular weight is 446 g/mol. The summed E-state index contributed by atoms with van der Waals surface area (Å²) in [4.78, 5) is 12.9. The number of phenolic OH excluding ortho intramolecular Hbond substituents is 3. The molecular weight excluding hydrogens is 424 g/mol. The fourth-order valence-corrected chi connectivity index (χ4v) is 3.86. The predicted octanol–water partition coefficient (Wildman–Crippen LogP) is 1.13. The van der Waals surface area contributed by atoms with Crippen molar-refractivity contribution in [3.63, 3.8) is 0 Å². The molecule has 10 nitrogen and oxygen atoms in total. The van der Waals surface area contributed by atoms with Crippen molar-refractivity contribution < 1.29 is 44.5 Å². The Bertz CT molecular complexity index is 1230. The van der Waals surface area contributed by atoms with E-state index in [1.54, 1.807) is 0 Å². The number of fused-ring (bicyclic) bond motifs is 1. The third-order valence-corrected chi connectivity index (χ3v) is 5.60. The maximum Gasteiger partial charge on any atom is 0.197 e. The quantitative estimate of drug-likeness (QED) is 0.321. The summed E-state index contributed by atoms with van der Waals surface area (Å²) in [5.74, 6) is -1.23. The van der Waals surface area contributed by atoms with Gasteiger partial charge in [-0.25, -0.2) is 0 Å². The smallest absolute Gasteiger partial charge is 0.197 e. The monoisotopic (exact) mass is 446 g/mol. The van der Waals surface area contributed by atoms with Crippen molar-refractivity contribution in [3.8, 4) is 34.3 Å². The van der Waals surface area contributed by atoms with Crippen LogP contribution in [0.25, 0.3) is 22.3 Å². The molecule has 0 aliphatic carbocycles. The fraction of sp³-hybridized carbons (Fsp3) is 0.318. The first-order chi connectivity index (χ1) is 15.1. The standard InChI is InChI=1S/C22H22O10/c1-8-18(27)19(28)20(29)22(31-8)17-15(30-2)7-13(26)16-12(25)6-14(32-21(16)17)9-3-4-10(23)11(24)5-9/h3-8,18-20,22-24,26-29H,1-2H3/t8-,18-,19+,20-,22+/m1/s1. The number of rotatable bonds is 3. The Morgan fingerprint density at radius 1 is 0.906 bits per heavy atom. The van der Waals surface area contributed by atoms with E-state index in [1.807, 2.05) is 0 Å². The van der Waals surface area contributed by atoms with Crippen molar-refractivity contribution in [2.24, 2.45) is 0 Å². The van der Waals surface area contributed by atoms with Crippen LogP contribution < -0.4 is 10.2 Å². The van der Waals surface area contributed by atoms with E-state index in [0.717, 1.165) is 6.07 Å². The highest BCUT2D eigenvalue weighted by Gasteiger charge is 2.44. The van der Waals surface area contributed by atoms with Gasteiger partial charge in [-0.05, 0) is 25.1 Å². The zero-order valence-corrected chi connectivity index (χ0v) is 17.1. The molecule has 1 fully saturated rings. The van der Waals surface area contributed by atoms with Crippen LogP contribution in [0.4, 0.5) is 0 Å². The van der Waals surface area contributed by atoms with Gasteiger partial charge in [0.2, 0.25) is 0 Å². The maximum atomic E-state index is 12.9. The van der Waals surface area contributed by atoms with E-state index in [1.165, 1.54) is 38.3 Å². The lowest BCUT2D eigenvalue weighted by atomic mass is 9.90. The molecule has 10 heteroatoms. The number of aliphatic hydroxyl groups is 3. The minimum Gasteiger partial charge on any atom is -0.507 e. The van der Waals surface area contributed by atoms with E-state index in [9.17, 15) is 35.4 Å². The summed E-state index contributed by atoms with van der Waals surface area (Å²) >= 11 is 0. The minimum absolute atomic E-state index is 0.00867. The van der Waals surface area contributed by atoms with Crippen LogP contribution in [0.5, 0.6) is 23.0 Å². The molecule has 2 aromatic carbocycles. The highest BCUT2D eigenvalue weighted by molar-refractivity contribution is 5.89.